The summed E-state index contributed by atoms with van der Waals surface area (Å²) < 4.78 is 20.9. The van der Waals surface area contributed by atoms with E-state index in [1.165, 1.54) is 41.6 Å². The van der Waals surface area contributed by atoms with Gasteiger partial charge in [0.15, 0.2) is 0 Å². The molecular formula is C20H20FN3O4S. The average Bonchev–Trinajstić information content (AvgIpc) is 3.05. The summed E-state index contributed by atoms with van der Waals surface area (Å²) in [7, 11) is 0. The fraction of sp³-hybridized carbons (Fsp3) is 0.300. The molecule has 1 N–H and O–H groups in total. The fourth-order valence-corrected chi connectivity index (χ4v) is 4.27. The summed E-state index contributed by atoms with van der Waals surface area (Å²) in [6.07, 6.45) is 3.25. The van der Waals surface area contributed by atoms with Gasteiger partial charge >= 0.3 is 11.7 Å². The Morgan fingerprint density at radius 1 is 1.34 bits per heavy atom. The Kier molecular flexibility index (Phi) is 6.82. The number of rotatable bonds is 6. The SMILES string of the molecule is CC(=O)Nc1ccn([C@@H]2S[C@H](COC(=O)/C=C/c3ccccc3)C[C@@H]2F)c(=O)n1. The molecule has 1 saturated heterocycles. The van der Waals surface area contributed by atoms with E-state index in [0.717, 1.165) is 5.56 Å². The lowest BCUT2D eigenvalue weighted by Gasteiger charge is -2.15. The molecule has 152 valence electrons. The van der Waals surface area contributed by atoms with E-state index in [0.29, 0.717) is 0 Å². The van der Waals surface area contributed by atoms with E-state index in [1.807, 2.05) is 30.3 Å². The number of halogens is 1. The third kappa shape index (κ3) is 5.77. The number of hydrogen-bond donors (Lipinski definition) is 1. The Bertz CT molecular complexity index is 964. The number of alkyl halides is 1. The van der Waals surface area contributed by atoms with Crippen molar-refractivity contribution in [3.63, 3.8) is 0 Å². The highest BCUT2D eigenvalue weighted by Crippen LogP contribution is 2.42. The number of amides is 1. The van der Waals surface area contributed by atoms with Crippen molar-refractivity contribution in [1.29, 1.82) is 0 Å². The van der Waals surface area contributed by atoms with Gasteiger partial charge < -0.3 is 10.1 Å². The minimum Gasteiger partial charge on any atom is -0.461 e. The molecule has 0 saturated carbocycles. The van der Waals surface area contributed by atoms with Gasteiger partial charge in [-0.1, -0.05) is 30.3 Å². The van der Waals surface area contributed by atoms with Crippen LogP contribution in [0.4, 0.5) is 10.2 Å². The van der Waals surface area contributed by atoms with Gasteiger partial charge in [0.05, 0.1) is 0 Å². The first-order valence-electron chi connectivity index (χ1n) is 8.98. The van der Waals surface area contributed by atoms with Crippen molar-refractivity contribution in [3.05, 3.63) is 64.7 Å². The van der Waals surface area contributed by atoms with Crippen LogP contribution in [0, 0.1) is 0 Å². The number of benzene rings is 1. The van der Waals surface area contributed by atoms with Crippen molar-refractivity contribution in [3.8, 4) is 0 Å². The largest absolute Gasteiger partial charge is 0.461 e. The van der Waals surface area contributed by atoms with E-state index >= 15 is 0 Å². The van der Waals surface area contributed by atoms with Gasteiger partial charge in [-0.25, -0.2) is 14.0 Å². The number of nitrogens with zero attached hydrogens (tertiary/aromatic N) is 2. The van der Waals surface area contributed by atoms with Gasteiger partial charge in [-0.05, 0) is 24.1 Å². The molecule has 29 heavy (non-hydrogen) atoms. The molecule has 2 aromatic rings. The van der Waals surface area contributed by atoms with E-state index in [4.69, 9.17) is 4.74 Å². The lowest BCUT2D eigenvalue weighted by Crippen LogP contribution is -2.28. The normalized spacial score (nSPS) is 21.2. The van der Waals surface area contributed by atoms with Gasteiger partial charge in [0.25, 0.3) is 0 Å². The third-order valence-corrected chi connectivity index (χ3v) is 5.68. The number of carbonyl (C=O) groups excluding carboxylic acids is 2. The number of thioether (sulfide) groups is 1. The smallest absolute Gasteiger partial charge is 0.350 e. The van der Waals surface area contributed by atoms with Gasteiger partial charge in [-0.15, -0.1) is 11.8 Å². The van der Waals surface area contributed by atoms with Gasteiger partial charge in [0.2, 0.25) is 5.91 Å². The van der Waals surface area contributed by atoms with Crippen LogP contribution in [0.25, 0.3) is 6.08 Å². The average molecular weight is 417 g/mol. The first kappa shape index (κ1) is 20.8. The molecule has 1 fully saturated rings. The Labute approximate surface area is 171 Å². The summed E-state index contributed by atoms with van der Waals surface area (Å²) in [5.74, 6) is -0.740. The first-order chi connectivity index (χ1) is 13.9. The molecule has 1 aliphatic rings. The zero-order valence-corrected chi connectivity index (χ0v) is 16.5. The zero-order chi connectivity index (χ0) is 20.8. The van der Waals surface area contributed by atoms with E-state index in [1.54, 1.807) is 6.08 Å². The van der Waals surface area contributed by atoms with Crippen LogP contribution in [0.5, 0.6) is 0 Å². The fourth-order valence-electron chi connectivity index (χ4n) is 2.86. The molecule has 1 aliphatic heterocycles. The van der Waals surface area contributed by atoms with Gasteiger partial charge in [0, 0.05) is 24.4 Å². The summed E-state index contributed by atoms with van der Waals surface area (Å²) in [5, 5.41) is 1.38. The van der Waals surface area contributed by atoms with Crippen molar-refractivity contribution in [2.45, 2.75) is 30.1 Å². The summed E-state index contributed by atoms with van der Waals surface area (Å²) in [6, 6.07) is 10.8. The van der Waals surface area contributed by atoms with Crippen LogP contribution in [0.1, 0.15) is 24.3 Å². The summed E-state index contributed by atoms with van der Waals surface area (Å²) >= 11 is 1.22. The quantitative estimate of drug-likeness (QED) is 0.574. The van der Waals surface area contributed by atoms with Gasteiger partial charge in [-0.3, -0.25) is 9.36 Å². The van der Waals surface area contributed by atoms with E-state index in [2.05, 4.69) is 10.3 Å². The maximum absolute atomic E-state index is 14.5. The van der Waals surface area contributed by atoms with Crippen LogP contribution in [0.3, 0.4) is 0 Å². The van der Waals surface area contributed by atoms with Gasteiger partial charge in [-0.2, -0.15) is 4.98 Å². The van der Waals surface area contributed by atoms with Crippen molar-refractivity contribution in [2.24, 2.45) is 0 Å². The first-order valence-corrected chi connectivity index (χ1v) is 9.93. The van der Waals surface area contributed by atoms with Crippen molar-refractivity contribution in [2.75, 3.05) is 11.9 Å². The summed E-state index contributed by atoms with van der Waals surface area (Å²) in [5.41, 5.74) is 0.220. The van der Waals surface area contributed by atoms with Crippen LogP contribution in [0.15, 0.2) is 53.5 Å². The highest BCUT2D eigenvalue weighted by Gasteiger charge is 2.37. The molecule has 9 heteroatoms. The lowest BCUT2D eigenvalue weighted by atomic mass is 10.2. The monoisotopic (exact) mass is 417 g/mol. The zero-order valence-electron chi connectivity index (χ0n) is 15.7. The number of hydrogen-bond acceptors (Lipinski definition) is 6. The predicted octanol–water partition coefficient (Wildman–Crippen LogP) is 2.80. The minimum atomic E-state index is -1.28. The molecule has 3 atom stereocenters. The maximum Gasteiger partial charge on any atom is 0.350 e. The number of nitrogens with one attached hydrogen (secondary N) is 1. The van der Waals surface area contributed by atoms with Crippen molar-refractivity contribution < 1.29 is 18.7 Å². The van der Waals surface area contributed by atoms with E-state index < -0.39 is 23.2 Å². The molecule has 7 nitrogen and oxygen atoms in total. The molecule has 3 rings (SSSR count). The highest BCUT2D eigenvalue weighted by atomic mass is 32.2. The summed E-state index contributed by atoms with van der Waals surface area (Å²) in [4.78, 5) is 38.8. The topological polar surface area (TPSA) is 90.3 Å². The second kappa shape index (κ2) is 9.51. The van der Waals surface area contributed by atoms with Gasteiger partial charge in [0.1, 0.15) is 24.0 Å². The van der Waals surface area contributed by atoms with Crippen LogP contribution >= 0.6 is 11.8 Å². The number of ether oxygens (including phenoxy) is 1. The Hall–Kier alpha value is -2.94. The predicted molar refractivity (Wildman–Crippen MR) is 109 cm³/mol. The van der Waals surface area contributed by atoms with Crippen molar-refractivity contribution >= 4 is 35.5 Å². The second-order valence-corrected chi connectivity index (χ2v) is 7.88. The Morgan fingerprint density at radius 3 is 2.79 bits per heavy atom. The maximum atomic E-state index is 14.5. The molecule has 0 bridgehead atoms. The number of anilines is 1. The molecule has 1 amide bonds. The number of carbonyl (C=O) groups is 2. The third-order valence-electron chi connectivity index (χ3n) is 4.16. The molecule has 0 spiro atoms. The number of esters is 1. The summed E-state index contributed by atoms with van der Waals surface area (Å²) in [6.45, 7) is 1.35. The van der Waals surface area contributed by atoms with Crippen LogP contribution in [0.2, 0.25) is 0 Å². The molecule has 0 unspecified atom stereocenters. The molecule has 0 aliphatic carbocycles. The Balaban J connectivity index is 1.55. The molecular weight excluding hydrogens is 397 g/mol. The van der Waals surface area contributed by atoms with Crippen LogP contribution < -0.4 is 11.0 Å². The molecule has 2 heterocycles. The molecule has 0 radical (unpaired) electrons. The van der Waals surface area contributed by atoms with E-state index in [-0.39, 0.29) is 30.0 Å². The standard InChI is InChI=1S/C20H20FN3O4S/c1-13(25)22-17-9-10-24(20(27)23-17)19-16(21)11-15(29-19)12-28-18(26)8-7-14-5-3-2-4-6-14/h2-10,15-16,19H,11-12H2,1H3,(H,22,23,25,27)/b8-7+/t15-,16-,19+/m0/s1. The van der Waals surface area contributed by atoms with Crippen molar-refractivity contribution in [1.82, 2.24) is 9.55 Å². The lowest BCUT2D eigenvalue weighted by molar-refractivity contribution is -0.137. The Morgan fingerprint density at radius 2 is 2.10 bits per heavy atom. The van der Waals surface area contributed by atoms with E-state index in [9.17, 15) is 18.8 Å². The number of aromatic nitrogens is 2. The minimum absolute atomic E-state index is 0.0473. The molecule has 1 aromatic heterocycles. The second-order valence-electron chi connectivity index (χ2n) is 6.46. The molecule has 1 aromatic carbocycles. The van der Waals surface area contributed by atoms with Crippen LogP contribution in [-0.2, 0) is 14.3 Å². The van der Waals surface area contributed by atoms with Crippen LogP contribution in [-0.4, -0.2) is 39.5 Å². The highest BCUT2D eigenvalue weighted by molar-refractivity contribution is 8.00.